The van der Waals surface area contributed by atoms with Crippen LogP contribution in [-0.2, 0) is 6.42 Å². The molecule has 0 aliphatic rings. The topological polar surface area (TPSA) is 78.3 Å². The van der Waals surface area contributed by atoms with Gasteiger partial charge in [-0.3, -0.25) is 4.79 Å². The number of anilines is 1. The Morgan fingerprint density at radius 3 is 2.52 bits per heavy atom. The molecule has 0 radical (unpaired) electrons. The lowest BCUT2D eigenvalue weighted by Gasteiger charge is -2.10. The van der Waals surface area contributed by atoms with Crippen LogP contribution in [0.4, 0.5) is 5.69 Å². The summed E-state index contributed by atoms with van der Waals surface area (Å²) in [6.07, 6.45) is 0.755. The second-order valence-electron chi connectivity index (χ2n) is 5.40. The lowest BCUT2D eigenvalue weighted by atomic mass is 10.1. The fourth-order valence-corrected chi connectivity index (χ4v) is 2.49. The van der Waals surface area contributed by atoms with Crippen molar-refractivity contribution < 1.29 is 9.53 Å². The average Bonchev–Trinajstić information content (AvgIpc) is 2.56. The Morgan fingerprint density at radius 1 is 0.957 bits per heavy atom. The molecule has 3 aromatic carbocycles. The van der Waals surface area contributed by atoms with E-state index in [1.54, 1.807) is 18.2 Å². The van der Waals surface area contributed by atoms with E-state index < -0.39 is 5.91 Å². The van der Waals surface area contributed by atoms with Gasteiger partial charge in [0.05, 0.1) is 12.3 Å². The summed E-state index contributed by atoms with van der Waals surface area (Å²) in [7, 11) is 0. The summed E-state index contributed by atoms with van der Waals surface area (Å²) >= 11 is 0. The number of nitrogen functional groups attached to an aromatic ring is 1. The molecule has 0 bridgehead atoms. The van der Waals surface area contributed by atoms with Crippen molar-refractivity contribution in [2.75, 3.05) is 12.3 Å². The zero-order valence-corrected chi connectivity index (χ0v) is 12.7. The van der Waals surface area contributed by atoms with Gasteiger partial charge in [-0.2, -0.15) is 0 Å². The second kappa shape index (κ2) is 6.40. The lowest BCUT2D eigenvalue weighted by Crippen LogP contribution is -2.12. The SMILES string of the molecule is NC(=O)c1ccc(N)c(OCCc2ccc3ccccc3c2)c1. The molecule has 0 saturated heterocycles. The van der Waals surface area contributed by atoms with Crippen molar-refractivity contribution in [1.29, 1.82) is 0 Å². The summed E-state index contributed by atoms with van der Waals surface area (Å²) in [6, 6.07) is 19.4. The van der Waals surface area contributed by atoms with Gasteiger partial charge in [-0.05, 0) is 34.5 Å². The molecule has 0 aliphatic carbocycles. The Bertz CT molecular complexity index is 859. The van der Waals surface area contributed by atoms with E-state index in [1.165, 1.54) is 16.3 Å². The molecule has 4 N–H and O–H groups in total. The predicted octanol–water partition coefficient (Wildman–Crippen LogP) is 3.14. The van der Waals surface area contributed by atoms with Gasteiger partial charge in [0.15, 0.2) is 0 Å². The Kier molecular flexibility index (Phi) is 4.15. The minimum atomic E-state index is -0.496. The van der Waals surface area contributed by atoms with E-state index in [0.29, 0.717) is 23.6 Å². The van der Waals surface area contributed by atoms with Gasteiger partial charge in [0.2, 0.25) is 5.91 Å². The van der Waals surface area contributed by atoms with Gasteiger partial charge in [-0.25, -0.2) is 0 Å². The zero-order valence-electron chi connectivity index (χ0n) is 12.7. The highest BCUT2D eigenvalue weighted by Crippen LogP contribution is 2.23. The fraction of sp³-hybridized carbons (Fsp3) is 0.105. The maximum absolute atomic E-state index is 11.2. The first kappa shape index (κ1) is 14.9. The Labute approximate surface area is 134 Å². The monoisotopic (exact) mass is 306 g/mol. The summed E-state index contributed by atoms with van der Waals surface area (Å²) in [6.45, 7) is 0.477. The van der Waals surface area contributed by atoms with E-state index >= 15 is 0 Å². The van der Waals surface area contributed by atoms with Crippen LogP contribution in [0.15, 0.2) is 60.7 Å². The number of hydrogen-bond acceptors (Lipinski definition) is 3. The van der Waals surface area contributed by atoms with E-state index in [4.69, 9.17) is 16.2 Å². The summed E-state index contributed by atoms with van der Waals surface area (Å²) in [5.41, 5.74) is 13.2. The normalized spacial score (nSPS) is 10.6. The quantitative estimate of drug-likeness (QED) is 0.711. The first-order chi connectivity index (χ1) is 11.1. The van der Waals surface area contributed by atoms with Crippen molar-refractivity contribution in [3.05, 3.63) is 71.8 Å². The number of fused-ring (bicyclic) bond motifs is 1. The predicted molar refractivity (Wildman–Crippen MR) is 92.5 cm³/mol. The number of ether oxygens (including phenoxy) is 1. The van der Waals surface area contributed by atoms with Crippen LogP contribution in [0.5, 0.6) is 5.75 Å². The molecule has 23 heavy (non-hydrogen) atoms. The molecule has 0 aliphatic heterocycles. The van der Waals surface area contributed by atoms with Crippen molar-refractivity contribution in [1.82, 2.24) is 0 Å². The van der Waals surface area contributed by atoms with Crippen molar-refractivity contribution >= 4 is 22.4 Å². The van der Waals surface area contributed by atoms with Crippen molar-refractivity contribution in [2.45, 2.75) is 6.42 Å². The summed E-state index contributed by atoms with van der Waals surface area (Å²) in [4.78, 5) is 11.2. The van der Waals surface area contributed by atoms with Crippen LogP contribution in [0.3, 0.4) is 0 Å². The van der Waals surface area contributed by atoms with Gasteiger partial charge in [-0.1, -0.05) is 42.5 Å². The highest BCUT2D eigenvalue weighted by Gasteiger charge is 2.06. The Balaban J connectivity index is 1.68. The minimum absolute atomic E-state index is 0.389. The van der Waals surface area contributed by atoms with E-state index in [2.05, 4.69) is 30.3 Å². The molecule has 116 valence electrons. The van der Waals surface area contributed by atoms with E-state index in [-0.39, 0.29) is 0 Å². The Morgan fingerprint density at radius 2 is 1.74 bits per heavy atom. The molecule has 0 atom stereocenters. The number of hydrogen-bond donors (Lipinski definition) is 2. The lowest BCUT2D eigenvalue weighted by molar-refractivity contribution is 0.1000. The number of primary amides is 1. The first-order valence-electron chi connectivity index (χ1n) is 7.43. The van der Waals surface area contributed by atoms with Crippen LogP contribution >= 0.6 is 0 Å². The maximum Gasteiger partial charge on any atom is 0.248 e. The molecular weight excluding hydrogens is 288 g/mol. The van der Waals surface area contributed by atoms with E-state index in [9.17, 15) is 4.79 Å². The first-order valence-corrected chi connectivity index (χ1v) is 7.43. The number of nitrogens with two attached hydrogens (primary N) is 2. The van der Waals surface area contributed by atoms with Gasteiger partial charge in [0.25, 0.3) is 0 Å². The van der Waals surface area contributed by atoms with Crippen LogP contribution in [0.1, 0.15) is 15.9 Å². The van der Waals surface area contributed by atoms with Gasteiger partial charge in [0, 0.05) is 12.0 Å². The van der Waals surface area contributed by atoms with Crippen molar-refractivity contribution in [3.8, 4) is 5.75 Å². The molecule has 0 fully saturated rings. The molecule has 4 nitrogen and oxygen atoms in total. The average molecular weight is 306 g/mol. The summed E-state index contributed by atoms with van der Waals surface area (Å²) in [5.74, 6) is -0.00790. The van der Waals surface area contributed by atoms with Crippen LogP contribution in [0.25, 0.3) is 10.8 Å². The molecule has 0 unspecified atom stereocenters. The summed E-state index contributed by atoms with van der Waals surface area (Å²) < 4.78 is 5.71. The zero-order chi connectivity index (χ0) is 16.2. The number of benzene rings is 3. The van der Waals surface area contributed by atoms with Crippen LogP contribution < -0.4 is 16.2 Å². The highest BCUT2D eigenvalue weighted by atomic mass is 16.5. The van der Waals surface area contributed by atoms with E-state index in [1.807, 2.05) is 12.1 Å². The van der Waals surface area contributed by atoms with Crippen LogP contribution in [0, 0.1) is 0 Å². The van der Waals surface area contributed by atoms with E-state index in [0.717, 1.165) is 6.42 Å². The third-order valence-corrected chi connectivity index (χ3v) is 3.76. The molecule has 0 heterocycles. The molecule has 1 amide bonds. The molecule has 3 rings (SSSR count). The maximum atomic E-state index is 11.2. The van der Waals surface area contributed by atoms with Crippen LogP contribution in [-0.4, -0.2) is 12.5 Å². The fourth-order valence-electron chi connectivity index (χ4n) is 2.49. The molecule has 0 saturated carbocycles. The molecule has 0 spiro atoms. The third-order valence-electron chi connectivity index (χ3n) is 3.76. The smallest absolute Gasteiger partial charge is 0.248 e. The number of amides is 1. The van der Waals surface area contributed by atoms with Gasteiger partial charge < -0.3 is 16.2 Å². The van der Waals surface area contributed by atoms with Crippen molar-refractivity contribution in [3.63, 3.8) is 0 Å². The number of carbonyl (C=O) groups excluding carboxylic acids is 1. The third kappa shape index (κ3) is 3.43. The molecule has 0 aromatic heterocycles. The Hall–Kier alpha value is -3.01. The number of rotatable bonds is 5. The molecule has 4 heteroatoms. The standard InChI is InChI=1S/C19H18N2O2/c20-17-8-7-16(19(21)22)12-18(17)23-10-9-13-5-6-14-3-1-2-4-15(14)11-13/h1-8,11-12H,9-10,20H2,(H2,21,22). The highest BCUT2D eigenvalue weighted by molar-refractivity contribution is 5.93. The number of carbonyl (C=O) groups is 1. The molecule has 3 aromatic rings. The largest absolute Gasteiger partial charge is 0.491 e. The summed E-state index contributed by atoms with van der Waals surface area (Å²) in [5, 5.41) is 2.43. The van der Waals surface area contributed by atoms with Crippen molar-refractivity contribution in [2.24, 2.45) is 5.73 Å². The minimum Gasteiger partial charge on any atom is -0.491 e. The van der Waals surface area contributed by atoms with Gasteiger partial charge >= 0.3 is 0 Å². The van der Waals surface area contributed by atoms with Crippen LogP contribution in [0.2, 0.25) is 0 Å². The van der Waals surface area contributed by atoms with Gasteiger partial charge in [-0.15, -0.1) is 0 Å². The van der Waals surface area contributed by atoms with Gasteiger partial charge in [0.1, 0.15) is 5.75 Å². The molecular formula is C19H18N2O2. The second-order valence-corrected chi connectivity index (χ2v) is 5.40.